The summed E-state index contributed by atoms with van der Waals surface area (Å²) in [4.78, 5) is 22.3. The lowest BCUT2D eigenvalue weighted by Crippen LogP contribution is -2.39. The van der Waals surface area contributed by atoms with Crippen LogP contribution >= 0.6 is 11.6 Å². The third kappa shape index (κ3) is 3.68. The molecule has 7 nitrogen and oxygen atoms in total. The van der Waals surface area contributed by atoms with Crippen molar-refractivity contribution in [2.24, 2.45) is 7.05 Å². The van der Waals surface area contributed by atoms with Gasteiger partial charge in [-0.1, -0.05) is 17.7 Å². The number of alkyl halides is 3. The third-order valence-electron chi connectivity index (χ3n) is 5.48. The van der Waals surface area contributed by atoms with Gasteiger partial charge in [0, 0.05) is 19.2 Å². The normalized spacial score (nSPS) is 16.1. The Balaban J connectivity index is 1.71. The average molecular weight is 466 g/mol. The molecule has 0 radical (unpaired) electrons. The fraction of sp³-hybridized carbons (Fsp3) is 0.333. The summed E-state index contributed by atoms with van der Waals surface area (Å²) in [7, 11) is 3.10. The van der Waals surface area contributed by atoms with E-state index in [2.05, 4.69) is 15.1 Å². The largest absolute Gasteiger partial charge is 0.495 e. The van der Waals surface area contributed by atoms with Gasteiger partial charge in [0.15, 0.2) is 5.69 Å². The molecule has 32 heavy (non-hydrogen) atoms. The van der Waals surface area contributed by atoms with Gasteiger partial charge in [-0.3, -0.25) is 14.5 Å². The first-order valence-electron chi connectivity index (χ1n) is 9.72. The summed E-state index contributed by atoms with van der Waals surface area (Å²) >= 11 is 6.33. The Morgan fingerprint density at radius 2 is 2.03 bits per heavy atom. The first-order chi connectivity index (χ1) is 15.1. The number of benzene rings is 1. The molecule has 2 aromatic heterocycles. The molecule has 0 fully saturated rings. The number of nitrogens with zero attached hydrogens (tertiary/aromatic N) is 5. The molecule has 3 aromatic rings. The van der Waals surface area contributed by atoms with E-state index in [-0.39, 0.29) is 16.6 Å². The molecular formula is C21H19ClF3N5O2. The molecular weight excluding hydrogens is 447 g/mol. The van der Waals surface area contributed by atoms with Crippen molar-refractivity contribution < 1.29 is 22.7 Å². The van der Waals surface area contributed by atoms with Crippen LogP contribution in [0.2, 0.25) is 5.02 Å². The Morgan fingerprint density at radius 3 is 2.72 bits per heavy atom. The zero-order valence-electron chi connectivity index (χ0n) is 17.4. The van der Waals surface area contributed by atoms with Crippen LogP contribution in [0.4, 0.5) is 13.2 Å². The Labute approximate surface area is 186 Å². The molecule has 0 spiro atoms. The molecule has 3 heterocycles. The van der Waals surface area contributed by atoms with Crippen molar-refractivity contribution in [1.29, 1.82) is 0 Å². The summed E-state index contributed by atoms with van der Waals surface area (Å²) in [6, 6.07) is 4.55. The van der Waals surface area contributed by atoms with Crippen molar-refractivity contribution >= 4 is 17.5 Å². The van der Waals surface area contributed by atoms with Crippen LogP contribution in [0.3, 0.4) is 0 Å². The van der Waals surface area contributed by atoms with Crippen molar-refractivity contribution in [2.75, 3.05) is 13.7 Å². The second kappa shape index (κ2) is 8.09. The summed E-state index contributed by atoms with van der Waals surface area (Å²) in [5.41, 5.74) is 1.12. The van der Waals surface area contributed by atoms with Crippen molar-refractivity contribution in [1.82, 2.24) is 24.6 Å². The van der Waals surface area contributed by atoms with Crippen molar-refractivity contribution in [2.45, 2.75) is 25.6 Å². The Hall–Kier alpha value is -3.14. The number of halogens is 4. The molecule has 1 aliphatic heterocycles. The molecule has 0 unspecified atom stereocenters. The maximum absolute atomic E-state index is 13.2. The summed E-state index contributed by atoms with van der Waals surface area (Å²) in [5, 5.41) is 4.72. The average Bonchev–Trinajstić information content (AvgIpc) is 3.10. The van der Waals surface area contributed by atoms with Gasteiger partial charge in [0.25, 0.3) is 5.91 Å². The summed E-state index contributed by atoms with van der Waals surface area (Å²) in [6.45, 7) is 2.16. The van der Waals surface area contributed by atoms with Crippen LogP contribution in [-0.2, 0) is 19.6 Å². The molecule has 1 amide bonds. The molecule has 1 atom stereocenters. The molecule has 0 saturated carbocycles. The number of hydrogen-bond acceptors (Lipinski definition) is 5. The maximum atomic E-state index is 13.2. The molecule has 1 aromatic carbocycles. The third-order valence-corrected chi connectivity index (χ3v) is 5.87. The predicted molar refractivity (Wildman–Crippen MR) is 110 cm³/mol. The number of ether oxygens (including phenoxy) is 1. The molecule has 11 heteroatoms. The van der Waals surface area contributed by atoms with Crippen LogP contribution in [0.1, 0.15) is 40.3 Å². The number of amides is 1. The van der Waals surface area contributed by atoms with Crippen LogP contribution in [0, 0.1) is 0 Å². The minimum atomic E-state index is -4.60. The van der Waals surface area contributed by atoms with E-state index in [1.54, 1.807) is 30.1 Å². The Morgan fingerprint density at radius 1 is 1.28 bits per heavy atom. The molecule has 168 valence electrons. The van der Waals surface area contributed by atoms with Gasteiger partial charge in [0.2, 0.25) is 0 Å². The monoisotopic (exact) mass is 465 g/mol. The smallest absolute Gasteiger partial charge is 0.434 e. The number of rotatable bonds is 3. The summed E-state index contributed by atoms with van der Waals surface area (Å²) in [6.07, 6.45) is -2.24. The lowest BCUT2D eigenvalue weighted by Gasteiger charge is -2.33. The number of methoxy groups -OCH3 is 1. The van der Waals surface area contributed by atoms with E-state index < -0.39 is 17.9 Å². The van der Waals surface area contributed by atoms with Gasteiger partial charge in [-0.05, 0) is 25.5 Å². The number of aromatic nitrogens is 4. The molecule has 4 rings (SSSR count). The van der Waals surface area contributed by atoms with E-state index in [9.17, 15) is 18.0 Å². The highest BCUT2D eigenvalue weighted by Gasteiger charge is 2.36. The lowest BCUT2D eigenvalue weighted by molar-refractivity contribution is -0.141. The predicted octanol–water partition coefficient (Wildman–Crippen LogP) is 4.32. The van der Waals surface area contributed by atoms with Crippen LogP contribution in [0.25, 0.3) is 11.4 Å². The Bertz CT molecular complexity index is 1190. The molecule has 1 aliphatic rings. The zero-order valence-corrected chi connectivity index (χ0v) is 18.2. The van der Waals surface area contributed by atoms with Crippen LogP contribution in [0.15, 0.2) is 30.6 Å². The topological polar surface area (TPSA) is 73.1 Å². The van der Waals surface area contributed by atoms with Crippen LogP contribution < -0.4 is 4.74 Å². The quantitative estimate of drug-likeness (QED) is 0.576. The Kier molecular flexibility index (Phi) is 5.58. The highest BCUT2D eigenvalue weighted by Crippen LogP contribution is 2.37. The summed E-state index contributed by atoms with van der Waals surface area (Å²) < 4.78 is 46.0. The van der Waals surface area contributed by atoms with E-state index >= 15 is 0 Å². The molecule has 0 bridgehead atoms. The highest BCUT2D eigenvalue weighted by molar-refractivity contribution is 6.35. The van der Waals surface area contributed by atoms with Crippen molar-refractivity contribution in [3.63, 3.8) is 0 Å². The summed E-state index contributed by atoms with van der Waals surface area (Å²) in [5.74, 6) is 0.115. The van der Waals surface area contributed by atoms with E-state index in [1.807, 2.05) is 6.92 Å². The van der Waals surface area contributed by atoms with E-state index in [4.69, 9.17) is 16.3 Å². The van der Waals surface area contributed by atoms with Gasteiger partial charge < -0.3 is 9.64 Å². The standard InChI is InChI=1S/C21H19ClF3N5O2/c1-11-18-13(7-8-30(11)20(31)12-5-4-6-15(32-3)17(12)22)19(29(2)28-18)14-9-26-10-16(27-14)21(23,24)25/h4-6,9-11H,7-8H2,1-3H3/t11-/m0/s1. The van der Waals surface area contributed by atoms with Crippen molar-refractivity contribution in [3.8, 4) is 17.1 Å². The highest BCUT2D eigenvalue weighted by atomic mass is 35.5. The minimum Gasteiger partial charge on any atom is -0.495 e. The van der Waals surface area contributed by atoms with Crippen LogP contribution in [-0.4, -0.2) is 44.2 Å². The second-order valence-corrected chi connectivity index (χ2v) is 7.75. The van der Waals surface area contributed by atoms with Gasteiger partial charge in [0.1, 0.15) is 11.4 Å². The van der Waals surface area contributed by atoms with Crippen LogP contribution in [0.5, 0.6) is 5.75 Å². The minimum absolute atomic E-state index is 0.0823. The first-order valence-corrected chi connectivity index (χ1v) is 10.1. The van der Waals surface area contributed by atoms with E-state index in [0.29, 0.717) is 41.9 Å². The lowest BCUT2D eigenvalue weighted by atomic mass is 9.96. The first kappa shape index (κ1) is 22.1. The number of carbonyl (C=O) groups is 1. The SMILES string of the molecule is COc1cccc(C(=O)N2CCc3c(nn(C)c3-c3cncc(C(F)(F)F)n3)[C@@H]2C)c1Cl. The molecule has 0 aliphatic carbocycles. The fourth-order valence-corrected chi connectivity index (χ4v) is 4.23. The maximum Gasteiger partial charge on any atom is 0.434 e. The van der Waals surface area contributed by atoms with Gasteiger partial charge in [-0.15, -0.1) is 0 Å². The van der Waals surface area contributed by atoms with Gasteiger partial charge >= 0.3 is 6.18 Å². The van der Waals surface area contributed by atoms with Gasteiger partial charge in [0.05, 0.1) is 47.5 Å². The van der Waals surface area contributed by atoms with E-state index in [1.165, 1.54) is 18.0 Å². The number of hydrogen-bond donors (Lipinski definition) is 0. The molecule has 0 N–H and O–H groups in total. The number of carbonyl (C=O) groups excluding carboxylic acids is 1. The van der Waals surface area contributed by atoms with Gasteiger partial charge in [-0.25, -0.2) is 4.98 Å². The second-order valence-electron chi connectivity index (χ2n) is 7.37. The molecule has 0 saturated heterocycles. The van der Waals surface area contributed by atoms with E-state index in [0.717, 1.165) is 5.56 Å². The van der Waals surface area contributed by atoms with Gasteiger partial charge in [-0.2, -0.15) is 18.3 Å². The zero-order chi connectivity index (χ0) is 23.2. The van der Waals surface area contributed by atoms with Crippen molar-refractivity contribution in [3.05, 3.63) is 58.1 Å². The fourth-order valence-electron chi connectivity index (χ4n) is 3.95. The number of fused-ring (bicyclic) bond motifs is 1. The number of aryl methyl sites for hydroxylation is 1.